The molecule has 1 saturated carbocycles. The van der Waals surface area contributed by atoms with Crippen LogP contribution >= 0.6 is 0 Å². The first-order valence-corrected chi connectivity index (χ1v) is 6.50. The monoisotopic (exact) mass is 242 g/mol. The van der Waals surface area contributed by atoms with Crippen molar-refractivity contribution in [2.24, 2.45) is 5.92 Å². The summed E-state index contributed by atoms with van der Waals surface area (Å²) in [5.41, 5.74) is 1.05. The molecule has 0 radical (unpaired) electrons. The fraction of sp³-hybridized carbons (Fsp3) is 0.467. The minimum absolute atomic E-state index is 0.00801. The molecule has 1 aromatic carbocycles. The number of amides is 1. The molecule has 1 aliphatic rings. The predicted octanol–water partition coefficient (Wildman–Crippen LogP) is 2.38. The molecule has 1 aromatic rings. The number of benzene rings is 1. The number of nitriles is 1. The summed E-state index contributed by atoms with van der Waals surface area (Å²) < 4.78 is 0. The van der Waals surface area contributed by atoms with Gasteiger partial charge in [-0.1, -0.05) is 30.3 Å². The minimum atomic E-state index is -0.548. The molecule has 3 heteroatoms. The van der Waals surface area contributed by atoms with Crippen LogP contribution < -0.4 is 0 Å². The summed E-state index contributed by atoms with van der Waals surface area (Å²) in [5, 5.41) is 9.21. The van der Waals surface area contributed by atoms with Crippen LogP contribution in [0.4, 0.5) is 0 Å². The first-order chi connectivity index (χ1) is 8.76. The van der Waals surface area contributed by atoms with Crippen molar-refractivity contribution in [2.45, 2.75) is 32.2 Å². The molecule has 3 nitrogen and oxygen atoms in total. The Hall–Kier alpha value is -1.82. The van der Waals surface area contributed by atoms with E-state index >= 15 is 0 Å². The number of carbonyl (C=O) groups excluding carboxylic acids is 1. The number of carbonyl (C=O) groups is 1. The van der Waals surface area contributed by atoms with E-state index in [2.05, 4.69) is 6.07 Å². The Morgan fingerprint density at radius 2 is 2.11 bits per heavy atom. The van der Waals surface area contributed by atoms with Gasteiger partial charge in [-0.2, -0.15) is 5.26 Å². The highest BCUT2D eigenvalue weighted by atomic mass is 16.2. The Bertz CT molecular complexity index is 445. The van der Waals surface area contributed by atoms with Crippen LogP contribution in [0.1, 0.15) is 25.3 Å². The number of hydrogen-bond donors (Lipinski definition) is 0. The van der Waals surface area contributed by atoms with Crippen molar-refractivity contribution in [2.75, 3.05) is 6.54 Å². The summed E-state index contributed by atoms with van der Waals surface area (Å²) in [6, 6.07) is 12.3. The molecule has 18 heavy (non-hydrogen) atoms. The summed E-state index contributed by atoms with van der Waals surface area (Å²) in [6.45, 7) is 2.68. The predicted molar refractivity (Wildman–Crippen MR) is 69.7 cm³/mol. The maximum Gasteiger partial charge on any atom is 0.240 e. The van der Waals surface area contributed by atoms with E-state index in [1.807, 2.05) is 42.2 Å². The molecule has 0 saturated heterocycles. The summed E-state index contributed by atoms with van der Waals surface area (Å²) in [4.78, 5) is 14.2. The SMILES string of the molecule is CCN(C(=O)C(C#N)Cc1ccccc1)C1CC1. The Balaban J connectivity index is 2.04. The van der Waals surface area contributed by atoms with Gasteiger partial charge in [0.05, 0.1) is 6.07 Å². The van der Waals surface area contributed by atoms with E-state index in [1.54, 1.807) is 0 Å². The molecular formula is C15H18N2O. The minimum Gasteiger partial charge on any atom is -0.339 e. The van der Waals surface area contributed by atoms with Crippen LogP contribution in [0.3, 0.4) is 0 Å². The third kappa shape index (κ3) is 2.89. The smallest absolute Gasteiger partial charge is 0.240 e. The van der Waals surface area contributed by atoms with Gasteiger partial charge in [0.2, 0.25) is 5.91 Å². The lowest BCUT2D eigenvalue weighted by Gasteiger charge is -2.23. The zero-order valence-corrected chi connectivity index (χ0v) is 10.7. The van der Waals surface area contributed by atoms with Gasteiger partial charge < -0.3 is 4.90 Å². The first-order valence-electron chi connectivity index (χ1n) is 6.50. The quantitative estimate of drug-likeness (QED) is 0.795. The molecule has 0 aromatic heterocycles. The molecule has 1 amide bonds. The molecule has 0 N–H and O–H groups in total. The maximum absolute atomic E-state index is 12.3. The van der Waals surface area contributed by atoms with Gasteiger partial charge in [-0.3, -0.25) is 4.79 Å². The van der Waals surface area contributed by atoms with Gasteiger partial charge in [0.1, 0.15) is 5.92 Å². The molecule has 0 aliphatic heterocycles. The van der Waals surface area contributed by atoms with Gasteiger partial charge in [-0.25, -0.2) is 0 Å². The van der Waals surface area contributed by atoms with Crippen LogP contribution in [0.2, 0.25) is 0 Å². The fourth-order valence-corrected chi connectivity index (χ4v) is 2.22. The van der Waals surface area contributed by atoms with E-state index in [9.17, 15) is 10.1 Å². The van der Waals surface area contributed by atoms with E-state index in [4.69, 9.17) is 0 Å². The van der Waals surface area contributed by atoms with Gasteiger partial charge in [-0.15, -0.1) is 0 Å². The van der Waals surface area contributed by atoms with Crippen molar-refractivity contribution < 1.29 is 4.79 Å². The average Bonchev–Trinajstić information content (AvgIpc) is 3.22. The van der Waals surface area contributed by atoms with Gasteiger partial charge in [0.25, 0.3) is 0 Å². The fourth-order valence-electron chi connectivity index (χ4n) is 2.22. The summed E-state index contributed by atoms with van der Waals surface area (Å²) >= 11 is 0. The molecule has 1 atom stereocenters. The van der Waals surface area contributed by atoms with Crippen molar-refractivity contribution in [3.8, 4) is 6.07 Å². The molecule has 1 aliphatic carbocycles. The molecule has 94 valence electrons. The molecule has 0 heterocycles. The van der Waals surface area contributed by atoms with E-state index in [1.165, 1.54) is 0 Å². The third-order valence-electron chi connectivity index (χ3n) is 3.35. The Morgan fingerprint density at radius 1 is 1.44 bits per heavy atom. The lowest BCUT2D eigenvalue weighted by Crippen LogP contribution is -2.38. The maximum atomic E-state index is 12.3. The van der Waals surface area contributed by atoms with Crippen LogP contribution in [-0.2, 0) is 11.2 Å². The van der Waals surface area contributed by atoms with Gasteiger partial charge >= 0.3 is 0 Å². The normalized spacial score (nSPS) is 15.8. The summed E-state index contributed by atoms with van der Waals surface area (Å²) in [7, 11) is 0. The standard InChI is InChI=1S/C15H18N2O/c1-2-17(14-8-9-14)15(18)13(11-16)10-12-6-4-3-5-7-12/h3-7,13-14H,2,8-10H2,1H3. The van der Waals surface area contributed by atoms with Gasteiger partial charge in [-0.05, 0) is 31.7 Å². The van der Waals surface area contributed by atoms with E-state index in [0.29, 0.717) is 19.0 Å². The summed E-state index contributed by atoms with van der Waals surface area (Å²) in [6.07, 6.45) is 2.69. The van der Waals surface area contributed by atoms with Crippen molar-refractivity contribution in [3.05, 3.63) is 35.9 Å². The number of nitrogens with zero attached hydrogens (tertiary/aromatic N) is 2. The number of hydrogen-bond acceptors (Lipinski definition) is 2. The Labute approximate surface area is 108 Å². The average molecular weight is 242 g/mol. The van der Waals surface area contributed by atoms with Crippen molar-refractivity contribution in [3.63, 3.8) is 0 Å². The van der Waals surface area contributed by atoms with Gasteiger partial charge in [0.15, 0.2) is 0 Å². The highest BCUT2D eigenvalue weighted by Crippen LogP contribution is 2.28. The van der Waals surface area contributed by atoms with E-state index < -0.39 is 5.92 Å². The number of rotatable bonds is 5. The second kappa shape index (κ2) is 5.68. The third-order valence-corrected chi connectivity index (χ3v) is 3.35. The Kier molecular flexibility index (Phi) is 3.99. The van der Waals surface area contributed by atoms with Crippen molar-refractivity contribution in [1.29, 1.82) is 5.26 Å². The highest BCUT2D eigenvalue weighted by molar-refractivity contribution is 5.82. The molecule has 2 rings (SSSR count). The lowest BCUT2D eigenvalue weighted by molar-refractivity contribution is -0.134. The van der Waals surface area contributed by atoms with Crippen LogP contribution in [0.25, 0.3) is 0 Å². The second-order valence-electron chi connectivity index (χ2n) is 4.73. The van der Waals surface area contributed by atoms with Crippen molar-refractivity contribution in [1.82, 2.24) is 4.90 Å². The molecule has 1 fully saturated rings. The van der Waals surface area contributed by atoms with Crippen LogP contribution in [0.15, 0.2) is 30.3 Å². The zero-order valence-electron chi connectivity index (χ0n) is 10.7. The van der Waals surface area contributed by atoms with Gasteiger partial charge in [0, 0.05) is 12.6 Å². The van der Waals surface area contributed by atoms with E-state index in [0.717, 1.165) is 18.4 Å². The first kappa shape index (κ1) is 12.6. The van der Waals surface area contributed by atoms with Crippen LogP contribution in [-0.4, -0.2) is 23.4 Å². The Morgan fingerprint density at radius 3 is 2.61 bits per heavy atom. The molecule has 0 spiro atoms. The summed E-state index contributed by atoms with van der Waals surface area (Å²) in [5.74, 6) is -0.556. The largest absolute Gasteiger partial charge is 0.339 e. The van der Waals surface area contributed by atoms with Crippen LogP contribution in [0, 0.1) is 17.2 Å². The second-order valence-corrected chi connectivity index (χ2v) is 4.73. The lowest BCUT2D eigenvalue weighted by atomic mass is 9.99. The highest BCUT2D eigenvalue weighted by Gasteiger charge is 2.34. The van der Waals surface area contributed by atoms with E-state index in [-0.39, 0.29) is 5.91 Å². The van der Waals surface area contributed by atoms with Crippen LogP contribution in [0.5, 0.6) is 0 Å². The molecule has 1 unspecified atom stereocenters. The van der Waals surface area contributed by atoms with Crippen molar-refractivity contribution >= 4 is 5.91 Å². The zero-order chi connectivity index (χ0) is 13.0. The molecular weight excluding hydrogens is 224 g/mol. The molecule has 0 bridgehead atoms. The topological polar surface area (TPSA) is 44.1 Å².